The molecule has 30 heavy (non-hydrogen) atoms. The number of benzene rings is 1. The Morgan fingerprint density at radius 1 is 1.23 bits per heavy atom. The quantitative estimate of drug-likeness (QED) is 0.563. The van der Waals surface area contributed by atoms with Gasteiger partial charge in [-0.25, -0.2) is 0 Å². The van der Waals surface area contributed by atoms with Crippen LogP contribution in [0.1, 0.15) is 52.6 Å². The van der Waals surface area contributed by atoms with Crippen molar-refractivity contribution in [2.45, 2.75) is 44.8 Å². The van der Waals surface area contributed by atoms with Gasteiger partial charge in [0.1, 0.15) is 5.69 Å². The van der Waals surface area contributed by atoms with Crippen LogP contribution >= 0.6 is 0 Å². The third-order valence-electron chi connectivity index (χ3n) is 5.10. The second kappa shape index (κ2) is 7.97. The fraction of sp³-hybridized carbons (Fsp3) is 0.381. The van der Waals surface area contributed by atoms with E-state index in [1.807, 2.05) is 31.2 Å². The highest BCUT2D eigenvalue weighted by atomic mass is 19.4. The average molecular weight is 417 g/mol. The number of aromatic nitrogens is 4. The van der Waals surface area contributed by atoms with Crippen molar-refractivity contribution in [3.63, 3.8) is 0 Å². The van der Waals surface area contributed by atoms with E-state index < -0.39 is 11.9 Å². The maximum Gasteiger partial charge on any atom is 0.435 e. The first-order valence-electron chi connectivity index (χ1n) is 9.87. The van der Waals surface area contributed by atoms with Crippen LogP contribution in [-0.4, -0.2) is 32.4 Å². The third kappa shape index (κ3) is 4.55. The third-order valence-corrected chi connectivity index (χ3v) is 5.10. The van der Waals surface area contributed by atoms with Gasteiger partial charge in [-0.1, -0.05) is 29.8 Å². The lowest BCUT2D eigenvalue weighted by molar-refractivity contribution is -0.141. The normalized spacial score (nSPS) is 14.1. The number of amides is 1. The van der Waals surface area contributed by atoms with Crippen molar-refractivity contribution in [3.05, 3.63) is 59.0 Å². The van der Waals surface area contributed by atoms with Crippen molar-refractivity contribution < 1.29 is 18.0 Å². The lowest BCUT2D eigenvalue weighted by Gasteiger charge is -2.07. The molecule has 4 rings (SSSR count). The van der Waals surface area contributed by atoms with Crippen LogP contribution in [0, 0.1) is 6.92 Å². The van der Waals surface area contributed by atoms with E-state index >= 15 is 0 Å². The van der Waals surface area contributed by atoms with Crippen molar-refractivity contribution in [1.29, 1.82) is 0 Å². The second-order valence-corrected chi connectivity index (χ2v) is 7.59. The molecule has 2 N–H and O–H groups in total. The van der Waals surface area contributed by atoms with Gasteiger partial charge in [-0.15, -0.1) is 0 Å². The molecule has 9 heteroatoms. The summed E-state index contributed by atoms with van der Waals surface area (Å²) in [4.78, 5) is 12.3. The second-order valence-electron chi connectivity index (χ2n) is 7.59. The van der Waals surface area contributed by atoms with Gasteiger partial charge in [0.05, 0.1) is 5.69 Å². The maximum absolute atomic E-state index is 12.9. The highest BCUT2D eigenvalue weighted by molar-refractivity contribution is 5.93. The Hall–Kier alpha value is -3.10. The monoisotopic (exact) mass is 417 g/mol. The summed E-state index contributed by atoms with van der Waals surface area (Å²) in [5.74, 6) is -0.145. The SMILES string of the molecule is Cc1ccc(-c2cc(C(=O)NCCCn3nc(C(F)(F)F)cc3C3CC3)[nH]n2)cc1. The van der Waals surface area contributed by atoms with Crippen molar-refractivity contribution in [1.82, 2.24) is 25.3 Å². The number of nitrogens with one attached hydrogen (secondary N) is 2. The Balaban J connectivity index is 1.31. The summed E-state index contributed by atoms with van der Waals surface area (Å²) in [6.45, 7) is 2.64. The molecule has 1 aliphatic rings. The molecule has 2 heterocycles. The number of aryl methyl sites for hydroxylation is 2. The zero-order valence-corrected chi connectivity index (χ0v) is 16.5. The number of carbonyl (C=O) groups is 1. The molecule has 6 nitrogen and oxygen atoms in total. The van der Waals surface area contributed by atoms with E-state index in [1.165, 1.54) is 4.68 Å². The number of nitrogens with zero attached hydrogens (tertiary/aromatic N) is 3. The standard InChI is InChI=1S/C21H22F3N5O/c1-13-3-5-14(6-4-13)16-11-17(27-26-16)20(30)25-9-2-10-29-18(15-7-8-15)12-19(28-29)21(22,23)24/h3-6,11-12,15H,2,7-10H2,1H3,(H,25,30)(H,26,27). The minimum Gasteiger partial charge on any atom is -0.351 e. The fourth-order valence-electron chi connectivity index (χ4n) is 3.29. The number of hydrogen-bond acceptors (Lipinski definition) is 3. The number of rotatable bonds is 7. The lowest BCUT2D eigenvalue weighted by Crippen LogP contribution is -2.25. The molecule has 1 amide bonds. The van der Waals surface area contributed by atoms with Crippen molar-refractivity contribution >= 4 is 5.91 Å². The van der Waals surface area contributed by atoms with Gasteiger partial charge in [0, 0.05) is 30.3 Å². The van der Waals surface area contributed by atoms with E-state index in [-0.39, 0.29) is 11.8 Å². The summed E-state index contributed by atoms with van der Waals surface area (Å²) in [6, 6.07) is 10.6. The van der Waals surface area contributed by atoms with E-state index in [0.717, 1.165) is 30.0 Å². The molecule has 0 spiro atoms. The molecule has 2 aromatic heterocycles. The molecule has 1 aromatic carbocycles. The van der Waals surface area contributed by atoms with Gasteiger partial charge in [-0.05, 0) is 38.3 Å². The minimum absolute atomic E-state index is 0.161. The molecule has 1 aliphatic carbocycles. The molecular weight excluding hydrogens is 395 g/mol. The van der Waals surface area contributed by atoms with Gasteiger partial charge in [-0.2, -0.15) is 23.4 Å². The van der Waals surface area contributed by atoms with E-state index in [0.29, 0.717) is 36.6 Å². The molecule has 3 aromatic rings. The summed E-state index contributed by atoms with van der Waals surface area (Å²) in [5.41, 5.74) is 2.83. The van der Waals surface area contributed by atoms with Crippen molar-refractivity contribution in [2.75, 3.05) is 6.54 Å². The summed E-state index contributed by atoms with van der Waals surface area (Å²) < 4.78 is 40.3. The Kier molecular flexibility index (Phi) is 5.36. The van der Waals surface area contributed by atoms with E-state index in [4.69, 9.17) is 0 Å². The van der Waals surface area contributed by atoms with E-state index in [2.05, 4.69) is 20.6 Å². The number of aromatic amines is 1. The van der Waals surface area contributed by atoms with Gasteiger partial charge >= 0.3 is 6.18 Å². The molecule has 0 unspecified atom stereocenters. The molecule has 0 aliphatic heterocycles. The number of carbonyl (C=O) groups excluding carboxylic acids is 1. The lowest BCUT2D eigenvalue weighted by atomic mass is 10.1. The van der Waals surface area contributed by atoms with Crippen LogP contribution in [0.4, 0.5) is 13.2 Å². The molecule has 0 saturated heterocycles. The van der Waals surface area contributed by atoms with Gasteiger partial charge in [0.25, 0.3) is 5.91 Å². The number of alkyl halides is 3. The summed E-state index contributed by atoms with van der Waals surface area (Å²) in [7, 11) is 0. The molecule has 0 atom stereocenters. The van der Waals surface area contributed by atoms with Crippen LogP contribution in [0.25, 0.3) is 11.3 Å². The first kappa shape index (κ1) is 20.2. The predicted octanol–water partition coefficient (Wildman–Crippen LogP) is 4.30. The van der Waals surface area contributed by atoms with Crippen LogP contribution in [0.15, 0.2) is 36.4 Å². The molecule has 0 bridgehead atoms. The Labute approximate surface area is 171 Å². The molecule has 0 radical (unpaired) electrons. The number of halogens is 3. The van der Waals surface area contributed by atoms with Gasteiger partial charge in [-0.3, -0.25) is 14.6 Å². The van der Waals surface area contributed by atoms with Crippen LogP contribution in [0.3, 0.4) is 0 Å². The Bertz CT molecular complexity index is 1030. The predicted molar refractivity (Wildman–Crippen MR) is 105 cm³/mol. The highest BCUT2D eigenvalue weighted by Crippen LogP contribution is 2.42. The largest absolute Gasteiger partial charge is 0.435 e. The van der Waals surface area contributed by atoms with Gasteiger partial charge in [0.15, 0.2) is 5.69 Å². The Morgan fingerprint density at radius 3 is 2.63 bits per heavy atom. The van der Waals surface area contributed by atoms with Gasteiger partial charge < -0.3 is 5.32 Å². The molecule has 1 fully saturated rings. The summed E-state index contributed by atoms with van der Waals surface area (Å²) in [6.07, 6.45) is -2.19. The Morgan fingerprint density at radius 2 is 1.97 bits per heavy atom. The van der Waals surface area contributed by atoms with Gasteiger partial charge in [0.2, 0.25) is 0 Å². The number of hydrogen-bond donors (Lipinski definition) is 2. The zero-order chi connectivity index (χ0) is 21.3. The maximum atomic E-state index is 12.9. The van der Waals surface area contributed by atoms with E-state index in [9.17, 15) is 18.0 Å². The summed E-state index contributed by atoms with van der Waals surface area (Å²) in [5, 5.41) is 13.4. The van der Waals surface area contributed by atoms with Crippen LogP contribution in [-0.2, 0) is 12.7 Å². The van der Waals surface area contributed by atoms with Crippen molar-refractivity contribution in [2.24, 2.45) is 0 Å². The minimum atomic E-state index is -4.45. The van der Waals surface area contributed by atoms with Crippen molar-refractivity contribution in [3.8, 4) is 11.3 Å². The van der Waals surface area contributed by atoms with Crippen LogP contribution < -0.4 is 5.32 Å². The molecule has 158 valence electrons. The summed E-state index contributed by atoms with van der Waals surface area (Å²) >= 11 is 0. The smallest absolute Gasteiger partial charge is 0.351 e. The van der Waals surface area contributed by atoms with Crippen LogP contribution in [0.2, 0.25) is 0 Å². The first-order valence-corrected chi connectivity index (χ1v) is 9.87. The van der Waals surface area contributed by atoms with Crippen LogP contribution in [0.5, 0.6) is 0 Å². The number of H-pyrrole nitrogens is 1. The molecule has 1 saturated carbocycles. The fourth-order valence-corrected chi connectivity index (χ4v) is 3.29. The molecular formula is C21H22F3N5O. The highest BCUT2D eigenvalue weighted by Gasteiger charge is 2.37. The zero-order valence-electron chi connectivity index (χ0n) is 16.5. The van der Waals surface area contributed by atoms with E-state index in [1.54, 1.807) is 6.07 Å². The topological polar surface area (TPSA) is 75.6 Å². The first-order chi connectivity index (χ1) is 14.3. The average Bonchev–Trinajstić information content (AvgIpc) is 3.25.